The fourth-order valence-corrected chi connectivity index (χ4v) is 2.48. The van der Waals surface area contributed by atoms with Crippen molar-refractivity contribution in [3.63, 3.8) is 0 Å². The van der Waals surface area contributed by atoms with Gasteiger partial charge in [0.25, 0.3) is 0 Å². The molecule has 0 bridgehead atoms. The minimum absolute atomic E-state index is 0.353. The molecule has 0 radical (unpaired) electrons. The molecule has 15 heavy (non-hydrogen) atoms. The second-order valence-electron chi connectivity index (χ2n) is 4.09. The summed E-state index contributed by atoms with van der Waals surface area (Å²) in [7, 11) is -3.44. The van der Waals surface area contributed by atoms with Crippen LogP contribution in [0.1, 0.15) is 26.2 Å². The number of sulfonamides is 1. The minimum atomic E-state index is -3.44. The predicted molar refractivity (Wildman–Crippen MR) is 57.8 cm³/mol. The lowest BCUT2D eigenvalue weighted by Gasteiger charge is -2.34. The Balaban J connectivity index is 2.77. The Morgan fingerprint density at radius 1 is 1.40 bits per heavy atom. The van der Waals surface area contributed by atoms with Crippen molar-refractivity contribution in [1.82, 2.24) is 10.0 Å². The number of hydrogen-bond acceptors (Lipinski definition) is 4. The van der Waals surface area contributed by atoms with Crippen LogP contribution in [0.25, 0.3) is 0 Å². The lowest BCUT2D eigenvalue weighted by Crippen LogP contribution is -2.48. The molecule has 1 heterocycles. The van der Waals surface area contributed by atoms with Gasteiger partial charge in [-0.1, -0.05) is 6.92 Å². The van der Waals surface area contributed by atoms with Crippen LogP contribution in [-0.4, -0.2) is 33.7 Å². The monoisotopic (exact) mass is 234 g/mol. The van der Waals surface area contributed by atoms with Gasteiger partial charge in [-0.3, -0.25) is 9.52 Å². The highest BCUT2D eigenvalue weighted by Gasteiger charge is 2.38. The minimum Gasteiger partial charge on any atom is -0.317 e. The van der Waals surface area contributed by atoms with Crippen molar-refractivity contribution in [2.75, 3.05) is 19.3 Å². The first kappa shape index (κ1) is 12.4. The molecule has 6 heteroatoms. The SMILES string of the molecule is CCC1(C(=O)NS(C)(=O)=O)CCNCC1. The van der Waals surface area contributed by atoms with Crippen LogP contribution in [0.2, 0.25) is 0 Å². The van der Waals surface area contributed by atoms with Crippen LogP contribution in [0.3, 0.4) is 0 Å². The number of hydrogen-bond donors (Lipinski definition) is 2. The van der Waals surface area contributed by atoms with E-state index in [9.17, 15) is 13.2 Å². The number of carbonyl (C=O) groups is 1. The van der Waals surface area contributed by atoms with E-state index in [1.807, 2.05) is 6.92 Å². The molecular weight excluding hydrogens is 216 g/mol. The molecule has 0 unspecified atom stereocenters. The summed E-state index contributed by atoms with van der Waals surface area (Å²) in [6.07, 6.45) is 3.08. The molecule has 1 amide bonds. The molecule has 1 rings (SSSR count). The molecule has 1 aliphatic heterocycles. The van der Waals surface area contributed by atoms with Crippen LogP contribution >= 0.6 is 0 Å². The number of rotatable bonds is 3. The van der Waals surface area contributed by atoms with Crippen LogP contribution in [0.15, 0.2) is 0 Å². The fraction of sp³-hybridized carbons (Fsp3) is 0.889. The standard InChI is InChI=1S/C9H18N2O3S/c1-3-9(4-6-10-7-5-9)8(12)11-15(2,13)14/h10H,3-7H2,1-2H3,(H,11,12). The number of nitrogens with one attached hydrogen (secondary N) is 2. The predicted octanol–water partition coefficient (Wildman–Crippen LogP) is -0.158. The molecule has 0 saturated carbocycles. The first-order chi connectivity index (χ1) is 6.90. The molecule has 0 aromatic carbocycles. The summed E-state index contributed by atoms with van der Waals surface area (Å²) >= 11 is 0. The Morgan fingerprint density at radius 2 is 1.93 bits per heavy atom. The number of amides is 1. The maximum Gasteiger partial charge on any atom is 0.239 e. The fourth-order valence-electron chi connectivity index (χ4n) is 1.92. The zero-order valence-electron chi connectivity index (χ0n) is 9.17. The highest BCUT2D eigenvalue weighted by molar-refractivity contribution is 7.89. The van der Waals surface area contributed by atoms with Crippen molar-refractivity contribution in [2.45, 2.75) is 26.2 Å². The van der Waals surface area contributed by atoms with Crippen molar-refractivity contribution in [2.24, 2.45) is 5.41 Å². The summed E-state index contributed by atoms with van der Waals surface area (Å²) < 4.78 is 24.1. The third-order valence-electron chi connectivity index (χ3n) is 3.00. The zero-order chi connectivity index (χ0) is 11.5. The van der Waals surface area contributed by atoms with Gasteiger partial charge in [-0.05, 0) is 32.4 Å². The van der Waals surface area contributed by atoms with E-state index in [2.05, 4.69) is 10.0 Å². The highest BCUT2D eigenvalue weighted by atomic mass is 32.2. The van der Waals surface area contributed by atoms with Gasteiger partial charge in [0.1, 0.15) is 0 Å². The molecule has 1 aliphatic rings. The Hall–Kier alpha value is -0.620. The van der Waals surface area contributed by atoms with Gasteiger partial charge in [-0.2, -0.15) is 0 Å². The van der Waals surface area contributed by atoms with Crippen molar-refractivity contribution >= 4 is 15.9 Å². The van der Waals surface area contributed by atoms with E-state index in [0.29, 0.717) is 19.3 Å². The topological polar surface area (TPSA) is 75.3 Å². The number of piperidine rings is 1. The summed E-state index contributed by atoms with van der Waals surface area (Å²) in [5.41, 5.74) is -0.506. The molecule has 2 N–H and O–H groups in total. The normalized spacial score (nSPS) is 20.9. The molecule has 1 fully saturated rings. The van der Waals surface area contributed by atoms with Gasteiger partial charge in [0.05, 0.1) is 11.7 Å². The van der Waals surface area contributed by atoms with Crippen molar-refractivity contribution in [3.05, 3.63) is 0 Å². The lowest BCUT2D eigenvalue weighted by molar-refractivity contribution is -0.130. The summed E-state index contributed by atoms with van der Waals surface area (Å²) in [5, 5.41) is 3.16. The Labute approximate surface area is 90.7 Å². The van der Waals surface area contributed by atoms with Crippen LogP contribution in [0.4, 0.5) is 0 Å². The summed E-state index contributed by atoms with van der Waals surface area (Å²) in [6, 6.07) is 0. The van der Waals surface area contributed by atoms with E-state index in [4.69, 9.17) is 0 Å². The molecule has 1 saturated heterocycles. The second-order valence-corrected chi connectivity index (χ2v) is 5.84. The molecular formula is C9H18N2O3S. The van der Waals surface area contributed by atoms with Gasteiger partial charge in [0.2, 0.25) is 15.9 Å². The van der Waals surface area contributed by atoms with E-state index >= 15 is 0 Å². The van der Waals surface area contributed by atoms with Crippen LogP contribution in [0.5, 0.6) is 0 Å². The van der Waals surface area contributed by atoms with Gasteiger partial charge < -0.3 is 5.32 Å². The average molecular weight is 234 g/mol. The molecule has 0 aliphatic carbocycles. The second kappa shape index (κ2) is 4.49. The van der Waals surface area contributed by atoms with Crippen molar-refractivity contribution < 1.29 is 13.2 Å². The van der Waals surface area contributed by atoms with E-state index < -0.39 is 15.4 Å². The van der Waals surface area contributed by atoms with Gasteiger partial charge in [-0.15, -0.1) is 0 Å². The van der Waals surface area contributed by atoms with Crippen molar-refractivity contribution in [1.29, 1.82) is 0 Å². The molecule has 0 spiro atoms. The largest absolute Gasteiger partial charge is 0.317 e. The molecule has 0 aromatic heterocycles. The van der Waals surface area contributed by atoms with Gasteiger partial charge >= 0.3 is 0 Å². The Morgan fingerprint density at radius 3 is 2.33 bits per heavy atom. The van der Waals surface area contributed by atoms with Gasteiger partial charge in [0, 0.05) is 0 Å². The Bertz CT molecular complexity index is 331. The van der Waals surface area contributed by atoms with Crippen LogP contribution < -0.4 is 10.0 Å². The quantitative estimate of drug-likeness (QED) is 0.711. The van der Waals surface area contributed by atoms with E-state index in [-0.39, 0.29) is 5.91 Å². The first-order valence-corrected chi connectivity index (χ1v) is 7.02. The lowest BCUT2D eigenvalue weighted by atomic mass is 9.76. The Kier molecular flexibility index (Phi) is 3.72. The molecule has 88 valence electrons. The maximum absolute atomic E-state index is 11.8. The van der Waals surface area contributed by atoms with E-state index in [1.54, 1.807) is 0 Å². The average Bonchev–Trinajstić information content (AvgIpc) is 2.16. The van der Waals surface area contributed by atoms with Crippen molar-refractivity contribution in [3.8, 4) is 0 Å². The smallest absolute Gasteiger partial charge is 0.239 e. The third kappa shape index (κ3) is 3.17. The summed E-state index contributed by atoms with van der Waals surface area (Å²) in [6.45, 7) is 3.46. The third-order valence-corrected chi connectivity index (χ3v) is 3.55. The highest BCUT2D eigenvalue weighted by Crippen LogP contribution is 2.32. The van der Waals surface area contributed by atoms with E-state index in [1.165, 1.54) is 0 Å². The molecule has 5 nitrogen and oxygen atoms in total. The van der Waals surface area contributed by atoms with Crippen LogP contribution in [0, 0.1) is 5.41 Å². The summed E-state index contributed by atoms with van der Waals surface area (Å²) in [5.74, 6) is -0.353. The van der Waals surface area contributed by atoms with Gasteiger partial charge in [-0.25, -0.2) is 8.42 Å². The molecule has 0 aromatic rings. The first-order valence-electron chi connectivity index (χ1n) is 5.12. The maximum atomic E-state index is 11.8. The zero-order valence-corrected chi connectivity index (χ0v) is 9.99. The number of carbonyl (C=O) groups excluding carboxylic acids is 1. The van der Waals surface area contributed by atoms with E-state index in [0.717, 1.165) is 19.3 Å². The van der Waals surface area contributed by atoms with Gasteiger partial charge in [0.15, 0.2) is 0 Å². The molecule has 0 atom stereocenters. The van der Waals surface area contributed by atoms with Crippen LogP contribution in [-0.2, 0) is 14.8 Å². The summed E-state index contributed by atoms with van der Waals surface area (Å²) in [4.78, 5) is 11.8.